The number of halogens is 2. The van der Waals surface area contributed by atoms with Crippen LogP contribution in [0.25, 0.3) is 0 Å². The first-order chi connectivity index (χ1) is 7.25. The van der Waals surface area contributed by atoms with Crippen molar-refractivity contribution in [2.24, 2.45) is 0 Å². The molecule has 0 radical (unpaired) electrons. The number of hydrogen-bond acceptors (Lipinski definition) is 2. The van der Waals surface area contributed by atoms with Crippen LogP contribution < -0.4 is 0 Å². The second kappa shape index (κ2) is 5.46. The first-order valence-electron chi connectivity index (χ1n) is 5.26. The summed E-state index contributed by atoms with van der Waals surface area (Å²) >= 11 is 6.82. The molecule has 0 spiro atoms. The maximum atomic E-state index is 5.58. The average Bonchev–Trinajstić information content (AvgIpc) is 2.77. The summed E-state index contributed by atoms with van der Waals surface area (Å²) < 4.78 is 9.46. The summed E-state index contributed by atoms with van der Waals surface area (Å²) in [5.74, 6) is 0. The van der Waals surface area contributed by atoms with Gasteiger partial charge >= 0.3 is 0 Å². The van der Waals surface area contributed by atoms with Gasteiger partial charge in [-0.05, 0) is 57.5 Å². The maximum absolute atomic E-state index is 5.58. The van der Waals surface area contributed by atoms with E-state index in [0.717, 1.165) is 35.2 Å². The van der Waals surface area contributed by atoms with E-state index in [1.165, 1.54) is 12.8 Å². The lowest BCUT2D eigenvalue weighted by Crippen LogP contribution is -2.08. The van der Waals surface area contributed by atoms with Crippen LogP contribution in [0.2, 0.25) is 0 Å². The van der Waals surface area contributed by atoms with Gasteiger partial charge in [-0.2, -0.15) is 5.10 Å². The Morgan fingerprint density at radius 2 is 2.40 bits per heavy atom. The topological polar surface area (TPSA) is 27.1 Å². The number of hydrogen-bond donors (Lipinski definition) is 0. The molecule has 2 rings (SSSR count). The van der Waals surface area contributed by atoms with Crippen LogP contribution in [0.5, 0.6) is 0 Å². The molecule has 1 atom stereocenters. The van der Waals surface area contributed by atoms with Crippen LogP contribution in [0.3, 0.4) is 0 Å². The van der Waals surface area contributed by atoms with Crippen molar-refractivity contribution in [3.63, 3.8) is 0 Å². The van der Waals surface area contributed by atoms with Gasteiger partial charge in [0.2, 0.25) is 0 Å². The lowest BCUT2D eigenvalue weighted by Gasteiger charge is -2.09. The molecule has 15 heavy (non-hydrogen) atoms. The fourth-order valence-electron chi connectivity index (χ4n) is 1.86. The number of nitrogens with zero attached hydrogens (tertiary/aromatic N) is 2. The smallest absolute Gasteiger partial charge is 0.129 e. The van der Waals surface area contributed by atoms with Crippen molar-refractivity contribution in [1.82, 2.24) is 9.78 Å². The van der Waals surface area contributed by atoms with Gasteiger partial charge in [0.25, 0.3) is 0 Å². The molecule has 1 aliphatic heterocycles. The third-order valence-corrected chi connectivity index (χ3v) is 3.65. The van der Waals surface area contributed by atoms with Crippen molar-refractivity contribution in [1.29, 1.82) is 0 Å². The summed E-state index contributed by atoms with van der Waals surface area (Å²) in [6.07, 6.45) is 5.20. The minimum atomic E-state index is 0.489. The van der Waals surface area contributed by atoms with Crippen LogP contribution in [-0.4, -0.2) is 22.5 Å². The molecule has 0 aromatic carbocycles. The van der Waals surface area contributed by atoms with Crippen LogP contribution in [-0.2, 0) is 11.3 Å². The Kier molecular flexibility index (Phi) is 4.22. The third-order valence-electron chi connectivity index (χ3n) is 2.62. The van der Waals surface area contributed by atoms with Crippen molar-refractivity contribution in [3.8, 4) is 0 Å². The van der Waals surface area contributed by atoms with Gasteiger partial charge in [0.1, 0.15) is 9.21 Å². The molecule has 3 nitrogen and oxygen atoms in total. The minimum Gasteiger partial charge on any atom is -0.378 e. The molecule has 1 unspecified atom stereocenters. The van der Waals surface area contributed by atoms with Crippen LogP contribution >= 0.6 is 31.9 Å². The summed E-state index contributed by atoms with van der Waals surface area (Å²) in [5, 5.41) is 4.32. The predicted octanol–water partition coefficient (Wildman–Crippen LogP) is 3.37. The van der Waals surface area contributed by atoms with Crippen molar-refractivity contribution < 1.29 is 4.74 Å². The number of aromatic nitrogens is 2. The Morgan fingerprint density at radius 3 is 3.00 bits per heavy atom. The summed E-state index contributed by atoms with van der Waals surface area (Å²) in [6, 6.07) is 1.96. The van der Waals surface area contributed by atoms with Crippen molar-refractivity contribution in [2.75, 3.05) is 6.61 Å². The first kappa shape index (κ1) is 11.6. The van der Waals surface area contributed by atoms with Gasteiger partial charge in [-0.25, -0.2) is 0 Å². The fraction of sp³-hybridized carbons (Fsp3) is 0.700. The van der Waals surface area contributed by atoms with Crippen molar-refractivity contribution in [2.45, 2.75) is 38.3 Å². The highest BCUT2D eigenvalue weighted by Gasteiger charge is 2.14. The Hall–Kier alpha value is 0.130. The van der Waals surface area contributed by atoms with Crippen molar-refractivity contribution in [3.05, 3.63) is 15.3 Å². The van der Waals surface area contributed by atoms with E-state index in [-0.39, 0.29) is 0 Å². The lowest BCUT2D eigenvalue weighted by atomic mass is 10.1. The van der Waals surface area contributed by atoms with E-state index in [1.807, 2.05) is 10.7 Å². The largest absolute Gasteiger partial charge is 0.378 e. The summed E-state index contributed by atoms with van der Waals surface area (Å²) in [4.78, 5) is 0. The number of aryl methyl sites for hydroxylation is 1. The monoisotopic (exact) mass is 336 g/mol. The zero-order chi connectivity index (χ0) is 10.7. The van der Waals surface area contributed by atoms with Gasteiger partial charge in [-0.15, -0.1) is 0 Å². The van der Waals surface area contributed by atoms with E-state index in [1.54, 1.807) is 0 Å². The molecule has 0 N–H and O–H groups in total. The standard InChI is InChI=1S/C10H14Br2N2O/c11-9-7-10(12)14(13-9)5-1-3-8-4-2-6-15-8/h7-8H,1-6H2. The Morgan fingerprint density at radius 1 is 1.53 bits per heavy atom. The van der Waals surface area contributed by atoms with Crippen LogP contribution in [0.15, 0.2) is 15.3 Å². The molecular weight excluding hydrogens is 324 g/mol. The summed E-state index contributed by atoms with van der Waals surface area (Å²) in [7, 11) is 0. The highest BCUT2D eigenvalue weighted by molar-refractivity contribution is 9.11. The number of rotatable bonds is 4. The highest BCUT2D eigenvalue weighted by Crippen LogP contribution is 2.19. The molecule has 1 aromatic heterocycles. The molecule has 5 heteroatoms. The molecule has 1 fully saturated rings. The van der Waals surface area contributed by atoms with E-state index in [4.69, 9.17) is 4.74 Å². The maximum Gasteiger partial charge on any atom is 0.129 e. The SMILES string of the molecule is Brc1cc(Br)n(CCCC2CCCO2)n1. The second-order valence-electron chi connectivity index (χ2n) is 3.79. The second-order valence-corrected chi connectivity index (χ2v) is 5.42. The molecule has 84 valence electrons. The van der Waals surface area contributed by atoms with E-state index in [2.05, 4.69) is 37.0 Å². The summed E-state index contributed by atoms with van der Waals surface area (Å²) in [6.45, 7) is 1.90. The quantitative estimate of drug-likeness (QED) is 0.842. The predicted molar refractivity (Wildman–Crippen MR) is 65.8 cm³/mol. The molecule has 1 aromatic rings. The molecule has 0 aliphatic carbocycles. The Balaban J connectivity index is 1.75. The van der Waals surface area contributed by atoms with Crippen molar-refractivity contribution >= 4 is 31.9 Å². The molecule has 0 saturated carbocycles. The van der Waals surface area contributed by atoms with Gasteiger partial charge in [0, 0.05) is 19.2 Å². The third kappa shape index (κ3) is 3.29. The molecule has 2 heterocycles. The molecule has 1 saturated heterocycles. The van der Waals surface area contributed by atoms with Gasteiger partial charge < -0.3 is 4.74 Å². The van der Waals surface area contributed by atoms with Gasteiger partial charge in [0.05, 0.1) is 6.10 Å². The van der Waals surface area contributed by atoms with E-state index in [0.29, 0.717) is 6.10 Å². The van der Waals surface area contributed by atoms with Crippen LogP contribution in [0, 0.1) is 0 Å². The zero-order valence-corrected chi connectivity index (χ0v) is 11.6. The van der Waals surface area contributed by atoms with Crippen LogP contribution in [0.1, 0.15) is 25.7 Å². The zero-order valence-electron chi connectivity index (χ0n) is 8.46. The minimum absolute atomic E-state index is 0.489. The fourth-order valence-corrected chi connectivity index (χ4v) is 3.05. The average molecular weight is 338 g/mol. The van der Waals surface area contributed by atoms with E-state index < -0.39 is 0 Å². The first-order valence-corrected chi connectivity index (χ1v) is 6.85. The summed E-state index contributed by atoms with van der Waals surface area (Å²) in [5.41, 5.74) is 0. The molecule has 0 bridgehead atoms. The van der Waals surface area contributed by atoms with Gasteiger partial charge in [-0.1, -0.05) is 0 Å². The normalized spacial score (nSPS) is 21.1. The van der Waals surface area contributed by atoms with E-state index in [9.17, 15) is 0 Å². The molecular formula is C10H14Br2N2O. The Bertz CT molecular complexity index is 321. The molecule has 1 aliphatic rings. The molecule has 0 amide bonds. The van der Waals surface area contributed by atoms with E-state index >= 15 is 0 Å². The Labute approximate surface area is 106 Å². The van der Waals surface area contributed by atoms with Gasteiger partial charge in [0.15, 0.2) is 0 Å². The highest BCUT2D eigenvalue weighted by atomic mass is 79.9. The lowest BCUT2D eigenvalue weighted by molar-refractivity contribution is 0.101. The number of ether oxygens (including phenoxy) is 1. The van der Waals surface area contributed by atoms with Crippen LogP contribution in [0.4, 0.5) is 0 Å². The van der Waals surface area contributed by atoms with Gasteiger partial charge in [-0.3, -0.25) is 4.68 Å².